The molecule has 122 valence electrons. The Hall–Kier alpha value is -0.650. The first-order valence-electron chi connectivity index (χ1n) is 8.27. The van der Waals surface area contributed by atoms with Crippen molar-refractivity contribution >= 4 is 5.91 Å². The monoisotopic (exact) mass is 297 g/mol. The number of nitrogens with zero attached hydrogens (tertiary/aromatic N) is 1. The van der Waals surface area contributed by atoms with Crippen LogP contribution < -0.4 is 11.1 Å². The van der Waals surface area contributed by atoms with Crippen molar-refractivity contribution in [1.29, 1.82) is 0 Å². The van der Waals surface area contributed by atoms with Gasteiger partial charge in [-0.3, -0.25) is 4.79 Å². The van der Waals surface area contributed by atoms with Crippen LogP contribution in [0.3, 0.4) is 0 Å². The van der Waals surface area contributed by atoms with Crippen LogP contribution in [0.5, 0.6) is 0 Å². The van der Waals surface area contributed by atoms with E-state index in [1.165, 1.54) is 12.8 Å². The summed E-state index contributed by atoms with van der Waals surface area (Å²) in [6.45, 7) is 3.53. The summed E-state index contributed by atoms with van der Waals surface area (Å²) in [5, 5.41) is 3.14. The second kappa shape index (κ2) is 7.07. The van der Waals surface area contributed by atoms with E-state index in [9.17, 15) is 4.79 Å². The Kier molecular flexibility index (Phi) is 5.63. The van der Waals surface area contributed by atoms with Crippen LogP contribution in [0, 0.1) is 5.92 Å². The predicted octanol–water partition coefficient (Wildman–Crippen LogP) is 1.12. The first-order valence-corrected chi connectivity index (χ1v) is 8.27. The molecule has 4 atom stereocenters. The number of amides is 1. The van der Waals surface area contributed by atoms with Crippen molar-refractivity contribution in [3.8, 4) is 0 Å². The smallest absolute Gasteiger partial charge is 0.249 e. The fourth-order valence-electron chi connectivity index (χ4n) is 3.79. The van der Waals surface area contributed by atoms with Gasteiger partial charge in [0.25, 0.3) is 0 Å². The Morgan fingerprint density at radius 1 is 1.38 bits per heavy atom. The minimum Gasteiger partial charge on any atom is -0.364 e. The number of nitrogens with two attached hydrogens (primary N) is 1. The topological polar surface area (TPSA) is 67.6 Å². The number of rotatable bonds is 5. The molecule has 2 unspecified atom stereocenters. The summed E-state index contributed by atoms with van der Waals surface area (Å²) >= 11 is 0. The lowest BCUT2D eigenvalue weighted by Gasteiger charge is -2.45. The van der Waals surface area contributed by atoms with Gasteiger partial charge in [0.15, 0.2) is 0 Å². The summed E-state index contributed by atoms with van der Waals surface area (Å²) in [5.74, 6) is 0.757. The summed E-state index contributed by atoms with van der Waals surface area (Å²) < 4.78 is 5.68. The predicted molar refractivity (Wildman–Crippen MR) is 84.0 cm³/mol. The molecule has 2 rings (SSSR count). The molecule has 1 amide bonds. The van der Waals surface area contributed by atoms with E-state index in [0.29, 0.717) is 6.54 Å². The molecule has 5 heteroatoms. The minimum absolute atomic E-state index is 0.0328. The molecular formula is C16H31N3O2. The Morgan fingerprint density at radius 3 is 2.71 bits per heavy atom. The molecule has 0 bridgehead atoms. The maximum absolute atomic E-state index is 12.3. The summed E-state index contributed by atoms with van der Waals surface area (Å²) in [6.07, 6.45) is 6.28. The molecule has 1 saturated carbocycles. The number of carbonyl (C=O) groups excluding carboxylic acids is 1. The average Bonchev–Trinajstić information content (AvgIpc) is 2.93. The van der Waals surface area contributed by atoms with Crippen LogP contribution in [-0.2, 0) is 9.53 Å². The Bertz CT molecular complexity index is 361. The van der Waals surface area contributed by atoms with Crippen molar-refractivity contribution in [3.05, 3.63) is 0 Å². The zero-order valence-electron chi connectivity index (χ0n) is 13.7. The zero-order valence-corrected chi connectivity index (χ0v) is 13.7. The van der Waals surface area contributed by atoms with Crippen LogP contribution in [0.1, 0.15) is 45.4 Å². The molecule has 1 saturated heterocycles. The van der Waals surface area contributed by atoms with Crippen molar-refractivity contribution in [3.63, 3.8) is 0 Å². The minimum atomic E-state index is -0.307. The van der Waals surface area contributed by atoms with E-state index in [4.69, 9.17) is 10.5 Å². The molecule has 2 aliphatic rings. The second-order valence-corrected chi connectivity index (χ2v) is 7.10. The van der Waals surface area contributed by atoms with Gasteiger partial charge < -0.3 is 20.7 Å². The summed E-state index contributed by atoms with van der Waals surface area (Å²) in [5.41, 5.74) is 5.70. The average molecular weight is 297 g/mol. The highest BCUT2D eigenvalue weighted by Crippen LogP contribution is 2.35. The van der Waals surface area contributed by atoms with Crippen LogP contribution in [0.2, 0.25) is 0 Å². The van der Waals surface area contributed by atoms with Gasteiger partial charge in [-0.2, -0.15) is 0 Å². The Labute approximate surface area is 128 Å². The van der Waals surface area contributed by atoms with E-state index >= 15 is 0 Å². The van der Waals surface area contributed by atoms with E-state index in [1.807, 2.05) is 0 Å². The van der Waals surface area contributed by atoms with E-state index in [-0.39, 0.29) is 23.7 Å². The van der Waals surface area contributed by atoms with Crippen LogP contribution in [-0.4, -0.2) is 55.7 Å². The SMILES string of the molecule is CC1CCCC(CNC(=O)[C@@H]2CC[C@H](CN)O2)(N(C)C)C1. The molecule has 0 aromatic carbocycles. The van der Waals surface area contributed by atoms with Crippen LogP contribution >= 0.6 is 0 Å². The number of carbonyl (C=O) groups is 1. The van der Waals surface area contributed by atoms with Gasteiger partial charge in [-0.05, 0) is 45.7 Å². The number of hydrogen-bond acceptors (Lipinski definition) is 4. The molecule has 1 aliphatic heterocycles. The van der Waals surface area contributed by atoms with Gasteiger partial charge in [0, 0.05) is 18.6 Å². The third-order valence-electron chi connectivity index (χ3n) is 5.27. The van der Waals surface area contributed by atoms with Crippen molar-refractivity contribution in [1.82, 2.24) is 10.2 Å². The molecule has 5 nitrogen and oxygen atoms in total. The van der Waals surface area contributed by atoms with Gasteiger partial charge in [0.1, 0.15) is 6.10 Å². The van der Waals surface area contributed by atoms with Crippen LogP contribution in [0.4, 0.5) is 0 Å². The molecule has 2 fully saturated rings. The van der Waals surface area contributed by atoms with Crippen molar-refractivity contribution in [2.45, 2.75) is 63.2 Å². The molecule has 21 heavy (non-hydrogen) atoms. The van der Waals surface area contributed by atoms with Crippen LogP contribution in [0.15, 0.2) is 0 Å². The van der Waals surface area contributed by atoms with E-state index in [0.717, 1.165) is 38.1 Å². The standard InChI is InChI=1S/C16H31N3O2/c1-12-5-4-8-16(9-12,19(2)3)11-18-15(20)14-7-6-13(10-17)21-14/h12-14H,4-11,17H2,1-3H3,(H,18,20)/t12?,13-,14+,16?/m1/s1. The zero-order chi connectivity index (χ0) is 15.5. The lowest BCUT2D eigenvalue weighted by Crippen LogP contribution is -2.56. The normalized spacial score (nSPS) is 36.9. The van der Waals surface area contributed by atoms with Crippen molar-refractivity contribution in [2.24, 2.45) is 11.7 Å². The molecule has 1 aliphatic carbocycles. The van der Waals surface area contributed by atoms with Gasteiger partial charge in [-0.25, -0.2) is 0 Å². The van der Waals surface area contributed by atoms with Gasteiger partial charge in [0.05, 0.1) is 6.10 Å². The molecule has 0 spiro atoms. The number of hydrogen-bond donors (Lipinski definition) is 2. The Morgan fingerprint density at radius 2 is 2.14 bits per heavy atom. The lowest BCUT2D eigenvalue weighted by molar-refractivity contribution is -0.132. The highest BCUT2D eigenvalue weighted by Gasteiger charge is 2.38. The molecular weight excluding hydrogens is 266 g/mol. The third kappa shape index (κ3) is 3.96. The van der Waals surface area contributed by atoms with Crippen molar-refractivity contribution < 1.29 is 9.53 Å². The fourth-order valence-corrected chi connectivity index (χ4v) is 3.79. The molecule has 0 radical (unpaired) electrons. The molecule has 0 aromatic heterocycles. The summed E-state index contributed by atoms with van der Waals surface area (Å²) in [7, 11) is 4.25. The largest absolute Gasteiger partial charge is 0.364 e. The summed E-state index contributed by atoms with van der Waals surface area (Å²) in [4.78, 5) is 14.6. The van der Waals surface area contributed by atoms with E-state index in [2.05, 4.69) is 31.2 Å². The number of likely N-dealkylation sites (N-methyl/N-ethyl adjacent to an activating group) is 1. The van der Waals surface area contributed by atoms with Gasteiger partial charge in [0.2, 0.25) is 5.91 Å². The van der Waals surface area contributed by atoms with Gasteiger partial charge in [-0.15, -0.1) is 0 Å². The van der Waals surface area contributed by atoms with Gasteiger partial charge in [-0.1, -0.05) is 19.8 Å². The molecule has 1 heterocycles. The highest BCUT2D eigenvalue weighted by atomic mass is 16.5. The quantitative estimate of drug-likeness (QED) is 0.798. The maximum atomic E-state index is 12.3. The molecule has 0 aromatic rings. The lowest BCUT2D eigenvalue weighted by atomic mass is 9.75. The third-order valence-corrected chi connectivity index (χ3v) is 5.27. The van der Waals surface area contributed by atoms with E-state index < -0.39 is 0 Å². The fraction of sp³-hybridized carbons (Fsp3) is 0.938. The second-order valence-electron chi connectivity index (χ2n) is 7.10. The van der Waals surface area contributed by atoms with Crippen molar-refractivity contribution in [2.75, 3.05) is 27.2 Å². The summed E-state index contributed by atoms with van der Waals surface area (Å²) in [6, 6.07) is 0. The Balaban J connectivity index is 1.89. The maximum Gasteiger partial charge on any atom is 0.249 e. The molecule has 3 N–H and O–H groups in total. The van der Waals surface area contributed by atoms with E-state index in [1.54, 1.807) is 0 Å². The number of ether oxygens (including phenoxy) is 1. The highest BCUT2D eigenvalue weighted by molar-refractivity contribution is 5.81. The van der Waals surface area contributed by atoms with Gasteiger partial charge >= 0.3 is 0 Å². The number of nitrogens with one attached hydrogen (secondary N) is 1. The van der Waals surface area contributed by atoms with Crippen LogP contribution in [0.25, 0.3) is 0 Å². The first kappa shape index (κ1) is 16.7. The first-order chi connectivity index (χ1) is 9.97.